The lowest BCUT2D eigenvalue weighted by Crippen LogP contribution is -2.26. The molecule has 0 saturated carbocycles. The molecule has 0 bridgehead atoms. The van der Waals surface area contributed by atoms with Crippen molar-refractivity contribution < 1.29 is 16.4 Å². The minimum Gasteiger partial charge on any atom is -0.0529 e. The molecular weight excluding hydrogens is 620 g/mol. The van der Waals surface area contributed by atoms with Crippen LogP contribution >= 0.6 is 63.7 Å². The quantitative estimate of drug-likeness (QED) is 0.155. The van der Waals surface area contributed by atoms with Gasteiger partial charge in [0.1, 0.15) is 0 Å². The lowest BCUT2D eigenvalue weighted by molar-refractivity contribution is 0.791. The predicted molar refractivity (Wildman–Crippen MR) is 134 cm³/mol. The van der Waals surface area contributed by atoms with E-state index in [1.807, 2.05) is 0 Å². The Labute approximate surface area is 219 Å². The summed E-state index contributed by atoms with van der Waals surface area (Å²) in [7, 11) is 0. The van der Waals surface area contributed by atoms with Crippen molar-refractivity contribution in [1.82, 2.24) is 0 Å². The first-order chi connectivity index (χ1) is 19.1. The molecule has 0 nitrogen and oxygen atoms in total. The number of rotatable bonds is 0. The van der Waals surface area contributed by atoms with Crippen molar-refractivity contribution >= 4 is 63.7 Å². The first-order valence-electron chi connectivity index (χ1n) is 14.3. The van der Waals surface area contributed by atoms with Crippen LogP contribution in [0.25, 0.3) is 22.3 Å². The lowest BCUT2D eigenvalue weighted by atomic mass is 9.70. The third-order valence-corrected chi connectivity index (χ3v) is 6.71. The van der Waals surface area contributed by atoms with E-state index in [1.54, 1.807) is 0 Å². The first-order valence-corrected chi connectivity index (χ1v) is 11.4. The van der Waals surface area contributed by atoms with Crippen LogP contribution in [-0.2, 0) is 5.41 Å². The van der Waals surface area contributed by atoms with Gasteiger partial charge < -0.3 is 0 Å². The largest absolute Gasteiger partial charge is 0.0727 e. The molecule has 4 aromatic rings. The van der Waals surface area contributed by atoms with E-state index >= 15 is 0 Å². The van der Waals surface area contributed by atoms with E-state index in [2.05, 4.69) is 63.7 Å². The molecule has 1 spiro atoms. The molecule has 0 aliphatic heterocycles. The summed E-state index contributed by atoms with van der Waals surface area (Å²) in [6, 6.07) is -4.44. The zero-order chi connectivity index (χ0) is 30.4. The molecule has 0 atom stereocenters. The van der Waals surface area contributed by atoms with E-state index in [9.17, 15) is 5.48 Å². The number of halogens is 4. The molecule has 6 rings (SSSR count). The Bertz CT molecular complexity index is 1690. The van der Waals surface area contributed by atoms with Gasteiger partial charge in [-0.2, -0.15) is 0 Å². The highest BCUT2D eigenvalue weighted by molar-refractivity contribution is 9.11. The summed E-state index contributed by atoms with van der Waals surface area (Å²) in [5.41, 5.74) is -2.56. The van der Waals surface area contributed by atoms with Crippen molar-refractivity contribution in [3.8, 4) is 22.3 Å². The zero-order valence-electron chi connectivity index (χ0n) is 26.0. The van der Waals surface area contributed by atoms with Crippen LogP contribution in [0.4, 0.5) is 0 Å². The normalized spacial score (nSPS) is 20.3. The second-order valence-electron chi connectivity index (χ2n) is 6.51. The van der Waals surface area contributed by atoms with Gasteiger partial charge >= 0.3 is 0 Å². The molecule has 140 valence electrons. The third-order valence-electron chi connectivity index (χ3n) is 5.13. The highest BCUT2D eigenvalue weighted by Crippen LogP contribution is 2.63. The maximum absolute atomic E-state index is 9.21. The molecule has 0 heterocycles. The van der Waals surface area contributed by atoms with E-state index in [0.29, 0.717) is 0 Å². The molecule has 0 fully saturated rings. The van der Waals surface area contributed by atoms with E-state index in [0.717, 1.165) is 0 Å². The van der Waals surface area contributed by atoms with Gasteiger partial charge in [0.15, 0.2) is 0 Å². The van der Waals surface area contributed by atoms with Gasteiger partial charge in [-0.1, -0.05) is 87.9 Å². The number of hydrogen-bond donors (Lipinski definition) is 0. The van der Waals surface area contributed by atoms with E-state index < -0.39 is 29.6 Å². The monoisotopic (exact) mass is 640 g/mol. The highest BCUT2D eigenvalue weighted by atomic mass is 79.9. The summed E-state index contributed by atoms with van der Waals surface area (Å²) in [6.45, 7) is 0. The first kappa shape index (κ1) is 9.95. The van der Waals surface area contributed by atoms with Gasteiger partial charge in [-0.3, -0.25) is 0 Å². The second kappa shape index (κ2) is 6.40. The van der Waals surface area contributed by atoms with Gasteiger partial charge in [-0.05, 0) is 92.8 Å². The minimum atomic E-state index is -2.01. The molecule has 0 radical (unpaired) electrons. The molecule has 0 saturated heterocycles. The summed E-state index contributed by atoms with van der Waals surface area (Å²) >= 11 is 13.0. The molecule has 4 heteroatoms. The Kier molecular flexibility index (Phi) is 2.20. The fourth-order valence-corrected chi connectivity index (χ4v) is 5.35. The Morgan fingerprint density at radius 3 is 0.931 bits per heavy atom. The average molecular weight is 644 g/mol. The van der Waals surface area contributed by atoms with Gasteiger partial charge in [-0.25, -0.2) is 0 Å². The molecule has 2 aliphatic rings. The summed E-state index contributed by atoms with van der Waals surface area (Å²) in [5, 5.41) is 0. The Morgan fingerprint density at radius 1 is 0.448 bits per heavy atom. The van der Waals surface area contributed by atoms with Crippen LogP contribution in [0.5, 0.6) is 0 Å². The van der Waals surface area contributed by atoms with Crippen LogP contribution < -0.4 is 0 Å². The molecule has 0 aromatic heterocycles. The van der Waals surface area contributed by atoms with Crippen molar-refractivity contribution in [2.75, 3.05) is 0 Å². The third kappa shape index (κ3) is 2.40. The van der Waals surface area contributed by atoms with Crippen molar-refractivity contribution in [3.63, 3.8) is 0 Å². The second-order valence-corrected chi connectivity index (χ2v) is 9.68. The Hall–Kier alpha value is -1.20. The van der Waals surface area contributed by atoms with Crippen LogP contribution in [0.1, 0.15) is 38.7 Å². The van der Waals surface area contributed by atoms with Gasteiger partial charge in [0.05, 0.1) is 21.9 Å². The Balaban J connectivity index is 2.10. The van der Waals surface area contributed by atoms with Crippen molar-refractivity contribution in [2.24, 2.45) is 0 Å². The topological polar surface area (TPSA) is 0 Å². The number of fused-ring (bicyclic) bond motifs is 10. The van der Waals surface area contributed by atoms with E-state index in [-0.39, 0.29) is 111 Å². The smallest absolute Gasteiger partial charge is 0.0529 e. The van der Waals surface area contributed by atoms with Gasteiger partial charge in [-0.15, -0.1) is 0 Å². The maximum Gasteiger partial charge on any atom is 0.0727 e. The molecule has 4 aromatic carbocycles. The van der Waals surface area contributed by atoms with Gasteiger partial charge in [0.25, 0.3) is 0 Å². The molecule has 29 heavy (non-hydrogen) atoms. The highest BCUT2D eigenvalue weighted by Gasteiger charge is 2.52. The Morgan fingerprint density at radius 2 is 0.690 bits per heavy atom. The standard InChI is InChI=1S/C25H12Br4/c26-13-1-5-17-18-6-2-14(27)10-22(18)25(21(17)9-13)23-11-15(28)3-7-19(23)20-8-4-16(29)12-24(20)25/h1-12H/i1D,2D,3D,4D,5D,6D,7D,8D,9D,10D,11D,12D. The minimum absolute atomic E-state index is 0.0464. The summed E-state index contributed by atoms with van der Waals surface area (Å²) in [4.78, 5) is 0. The van der Waals surface area contributed by atoms with E-state index in [4.69, 9.17) is 11.0 Å². The summed E-state index contributed by atoms with van der Waals surface area (Å²) in [5.74, 6) is 0. The molecule has 0 amide bonds. The van der Waals surface area contributed by atoms with Crippen molar-refractivity contribution in [2.45, 2.75) is 5.41 Å². The van der Waals surface area contributed by atoms with Crippen molar-refractivity contribution in [3.05, 3.63) is 113 Å². The molecule has 2 aliphatic carbocycles. The SMILES string of the molecule is [2H]c1c([2H])c2c(c([2H])c1Br)C1(c3c([2H])c(Br)c([2H])c([2H])c3-2)c2c([2H])c(Br)c([2H])c([2H])c2-c2c([2H])c([2H])c(Br)c([2H])c21. The van der Waals surface area contributed by atoms with Crippen LogP contribution in [0, 0.1) is 0 Å². The van der Waals surface area contributed by atoms with Crippen LogP contribution in [-0.4, -0.2) is 0 Å². The zero-order valence-corrected chi connectivity index (χ0v) is 20.4. The maximum atomic E-state index is 9.21. The molecular formula is C25H12Br4. The van der Waals surface area contributed by atoms with E-state index in [1.165, 1.54) is 0 Å². The van der Waals surface area contributed by atoms with Gasteiger partial charge in [0, 0.05) is 17.9 Å². The summed E-state index contributed by atoms with van der Waals surface area (Å²) < 4.78 is 106. The fraction of sp³-hybridized carbons (Fsp3) is 0.0400. The van der Waals surface area contributed by atoms with Crippen molar-refractivity contribution in [1.29, 1.82) is 0 Å². The van der Waals surface area contributed by atoms with Crippen LogP contribution in [0.2, 0.25) is 0 Å². The van der Waals surface area contributed by atoms with Crippen LogP contribution in [0.3, 0.4) is 0 Å². The number of benzene rings is 4. The fourth-order valence-electron chi connectivity index (χ4n) is 4.16. The predicted octanol–water partition coefficient (Wildman–Crippen LogP) is 9.08. The lowest BCUT2D eigenvalue weighted by Gasteiger charge is -2.31. The molecule has 0 unspecified atom stereocenters. The molecule has 0 N–H and O–H groups in total. The number of hydrogen-bond acceptors (Lipinski definition) is 0. The average Bonchev–Trinajstić information content (AvgIpc) is 3.43. The summed E-state index contributed by atoms with van der Waals surface area (Å²) in [6.07, 6.45) is 0. The van der Waals surface area contributed by atoms with Gasteiger partial charge in [0.2, 0.25) is 0 Å². The van der Waals surface area contributed by atoms with Crippen LogP contribution in [0.15, 0.2) is 90.4 Å².